The molecule has 0 unspecified atom stereocenters. The molecule has 0 saturated carbocycles. The molecule has 1 aromatic carbocycles. The predicted molar refractivity (Wildman–Crippen MR) is 95.2 cm³/mol. The first kappa shape index (κ1) is 17.6. The first-order chi connectivity index (χ1) is 12.8. The highest BCUT2D eigenvalue weighted by molar-refractivity contribution is 7.07. The molecule has 140 valence electrons. The van der Waals surface area contributed by atoms with Gasteiger partial charge < -0.3 is 9.32 Å². The summed E-state index contributed by atoms with van der Waals surface area (Å²) in [4.78, 5) is 19.2. The van der Waals surface area contributed by atoms with Crippen LogP contribution in [0.5, 0.6) is 0 Å². The fourth-order valence-corrected chi connectivity index (χ4v) is 3.76. The lowest BCUT2D eigenvalue weighted by atomic mass is 10.2. The second-order valence-electron chi connectivity index (χ2n) is 6.10. The highest BCUT2D eigenvalue weighted by atomic mass is 32.1. The molecule has 0 bridgehead atoms. The van der Waals surface area contributed by atoms with E-state index in [1.165, 1.54) is 22.0 Å². The average Bonchev–Trinajstić information content (AvgIpc) is 3.18. The Morgan fingerprint density at radius 1 is 1.26 bits per heavy atom. The van der Waals surface area contributed by atoms with E-state index in [1.54, 1.807) is 29.2 Å². The van der Waals surface area contributed by atoms with E-state index in [2.05, 4.69) is 4.99 Å². The van der Waals surface area contributed by atoms with Crippen molar-refractivity contribution in [3.63, 3.8) is 0 Å². The molecule has 0 saturated heterocycles. The van der Waals surface area contributed by atoms with E-state index >= 15 is 0 Å². The van der Waals surface area contributed by atoms with Crippen LogP contribution in [0.2, 0.25) is 0 Å². The third-order valence-corrected chi connectivity index (χ3v) is 5.19. The van der Waals surface area contributed by atoms with Crippen LogP contribution >= 0.6 is 11.3 Å². The first-order valence-electron chi connectivity index (χ1n) is 8.06. The van der Waals surface area contributed by atoms with Crippen molar-refractivity contribution in [2.75, 3.05) is 11.6 Å². The molecule has 0 amide bonds. The normalized spacial score (nSPS) is 15.0. The molecule has 0 radical (unpaired) electrons. The Balaban J connectivity index is 1.69. The quantitative estimate of drug-likeness (QED) is 0.673. The number of hydrogen-bond donors (Lipinski definition) is 0. The number of alkyl halides is 3. The molecule has 3 aromatic rings. The van der Waals surface area contributed by atoms with E-state index in [1.807, 2.05) is 6.92 Å². The van der Waals surface area contributed by atoms with Crippen molar-refractivity contribution in [3.8, 4) is 0 Å². The molecule has 0 aliphatic carbocycles. The highest BCUT2D eigenvalue weighted by Gasteiger charge is 2.31. The van der Waals surface area contributed by atoms with Crippen molar-refractivity contribution < 1.29 is 17.6 Å². The Morgan fingerprint density at radius 2 is 2.07 bits per heavy atom. The first-order valence-corrected chi connectivity index (χ1v) is 8.87. The lowest BCUT2D eigenvalue weighted by Crippen LogP contribution is -2.42. The number of anilines is 1. The minimum atomic E-state index is -4.42. The van der Waals surface area contributed by atoms with Gasteiger partial charge in [-0.25, -0.2) is 4.99 Å². The van der Waals surface area contributed by atoms with Crippen LogP contribution in [0, 0.1) is 6.92 Å². The Hall–Kier alpha value is -2.81. The minimum absolute atomic E-state index is 0.139. The van der Waals surface area contributed by atoms with Gasteiger partial charge in [-0.15, -0.1) is 0 Å². The van der Waals surface area contributed by atoms with Crippen LogP contribution in [0.4, 0.5) is 18.9 Å². The molecule has 9 heteroatoms. The molecule has 27 heavy (non-hydrogen) atoms. The van der Waals surface area contributed by atoms with Crippen LogP contribution < -0.4 is 19.8 Å². The van der Waals surface area contributed by atoms with Gasteiger partial charge in [0.15, 0.2) is 4.80 Å². The summed E-state index contributed by atoms with van der Waals surface area (Å²) in [6.07, 6.45) is -2.77. The summed E-state index contributed by atoms with van der Waals surface area (Å²) in [7, 11) is 0. The Morgan fingerprint density at radius 3 is 2.78 bits per heavy atom. The summed E-state index contributed by atoms with van der Waals surface area (Å²) in [6.45, 7) is 2.13. The molecule has 1 aliphatic heterocycles. The summed E-state index contributed by atoms with van der Waals surface area (Å²) in [5.41, 5.74) is -0.611. The zero-order chi connectivity index (χ0) is 19.2. The number of halogens is 3. The number of hydrogen-bond acceptors (Lipinski definition) is 5. The van der Waals surface area contributed by atoms with Gasteiger partial charge in [0, 0.05) is 11.8 Å². The molecule has 3 heterocycles. The standard InChI is InChI=1S/C18H14F3N3O2S/c1-11-5-6-14(26-11)8-15-16(25)24-10-23(9-22-17(24)27-15)13-4-2-3-12(7-13)18(19,20)21/h2-8H,9-10H2,1H3. The average molecular weight is 393 g/mol. The van der Waals surface area contributed by atoms with E-state index in [0.29, 0.717) is 20.8 Å². The topological polar surface area (TPSA) is 50.7 Å². The molecule has 0 atom stereocenters. The van der Waals surface area contributed by atoms with E-state index in [4.69, 9.17) is 4.42 Å². The molecule has 0 N–H and O–H groups in total. The summed E-state index contributed by atoms with van der Waals surface area (Å²) in [5.74, 6) is 1.31. The summed E-state index contributed by atoms with van der Waals surface area (Å²) >= 11 is 1.23. The van der Waals surface area contributed by atoms with Gasteiger partial charge in [0.25, 0.3) is 5.56 Å². The van der Waals surface area contributed by atoms with E-state index in [0.717, 1.165) is 17.9 Å². The molecular formula is C18H14F3N3O2S. The Labute approximate surface area is 155 Å². The number of benzene rings is 1. The second-order valence-corrected chi connectivity index (χ2v) is 7.11. The lowest BCUT2D eigenvalue weighted by molar-refractivity contribution is -0.137. The number of aryl methyl sites for hydroxylation is 1. The Kier molecular flexibility index (Phi) is 4.18. The fourth-order valence-electron chi connectivity index (χ4n) is 2.81. The highest BCUT2D eigenvalue weighted by Crippen LogP contribution is 2.31. The fraction of sp³-hybridized carbons (Fsp3) is 0.222. The van der Waals surface area contributed by atoms with Gasteiger partial charge in [0.1, 0.15) is 24.9 Å². The van der Waals surface area contributed by atoms with Gasteiger partial charge in [0.05, 0.1) is 10.1 Å². The molecule has 0 spiro atoms. The van der Waals surface area contributed by atoms with E-state index < -0.39 is 11.7 Å². The number of thiazole rings is 1. The zero-order valence-electron chi connectivity index (χ0n) is 14.2. The summed E-state index contributed by atoms with van der Waals surface area (Å²) < 4.78 is 46.2. The van der Waals surface area contributed by atoms with Crippen LogP contribution in [0.3, 0.4) is 0 Å². The van der Waals surface area contributed by atoms with Crippen LogP contribution in [-0.4, -0.2) is 11.2 Å². The van der Waals surface area contributed by atoms with Crippen LogP contribution in [0.15, 0.2) is 50.6 Å². The largest absolute Gasteiger partial charge is 0.462 e. The van der Waals surface area contributed by atoms with Crippen LogP contribution in [0.25, 0.3) is 6.08 Å². The number of furan rings is 1. The smallest absolute Gasteiger partial charge is 0.416 e. The van der Waals surface area contributed by atoms with Gasteiger partial charge >= 0.3 is 6.18 Å². The molecule has 4 rings (SSSR count). The van der Waals surface area contributed by atoms with Crippen LogP contribution in [-0.2, 0) is 12.8 Å². The van der Waals surface area contributed by atoms with Crippen molar-refractivity contribution in [1.29, 1.82) is 0 Å². The maximum Gasteiger partial charge on any atom is 0.416 e. The number of fused-ring (bicyclic) bond motifs is 1. The summed E-state index contributed by atoms with van der Waals surface area (Å²) in [6, 6.07) is 8.58. The van der Waals surface area contributed by atoms with Gasteiger partial charge in [-0.3, -0.25) is 9.36 Å². The third kappa shape index (κ3) is 3.42. The van der Waals surface area contributed by atoms with Gasteiger partial charge in [0.2, 0.25) is 0 Å². The molecule has 0 fully saturated rings. The minimum Gasteiger partial charge on any atom is -0.462 e. The number of nitrogens with zero attached hydrogens (tertiary/aromatic N) is 3. The number of aromatic nitrogens is 1. The van der Waals surface area contributed by atoms with E-state index in [9.17, 15) is 18.0 Å². The maximum atomic E-state index is 12.9. The second kappa shape index (κ2) is 6.41. The summed E-state index contributed by atoms with van der Waals surface area (Å²) in [5, 5.41) is 0. The van der Waals surface area contributed by atoms with Gasteiger partial charge in [-0.05, 0) is 37.3 Å². The monoisotopic (exact) mass is 393 g/mol. The Bertz CT molecular complexity index is 1170. The molecular weight excluding hydrogens is 379 g/mol. The third-order valence-electron chi connectivity index (χ3n) is 4.15. The lowest BCUT2D eigenvalue weighted by Gasteiger charge is -2.26. The van der Waals surface area contributed by atoms with Crippen molar-refractivity contribution in [2.24, 2.45) is 4.99 Å². The number of rotatable bonds is 2. The predicted octanol–water partition coefficient (Wildman–Crippen LogP) is 2.71. The van der Waals surface area contributed by atoms with Crippen molar-refractivity contribution in [3.05, 3.63) is 73.2 Å². The molecule has 2 aromatic heterocycles. The molecule has 1 aliphatic rings. The van der Waals surface area contributed by atoms with Crippen molar-refractivity contribution in [2.45, 2.75) is 19.8 Å². The molecule has 5 nitrogen and oxygen atoms in total. The van der Waals surface area contributed by atoms with E-state index in [-0.39, 0.29) is 18.9 Å². The van der Waals surface area contributed by atoms with Gasteiger partial charge in [-0.2, -0.15) is 13.2 Å². The van der Waals surface area contributed by atoms with Crippen LogP contribution in [0.1, 0.15) is 17.1 Å². The van der Waals surface area contributed by atoms with Crippen molar-refractivity contribution in [1.82, 2.24) is 4.57 Å². The SMILES string of the molecule is Cc1ccc(C=c2sc3n(c2=O)CN(c2cccc(C(F)(F)F)c2)CN=3)o1. The zero-order valence-corrected chi connectivity index (χ0v) is 15.0. The van der Waals surface area contributed by atoms with Crippen molar-refractivity contribution >= 4 is 23.1 Å². The maximum absolute atomic E-state index is 12.9. The van der Waals surface area contributed by atoms with Gasteiger partial charge in [-0.1, -0.05) is 17.4 Å².